The number of aryl methyl sites for hydroxylation is 1. The van der Waals surface area contributed by atoms with Crippen LogP contribution >= 0.6 is 12.2 Å². The summed E-state index contributed by atoms with van der Waals surface area (Å²) in [4.78, 5) is 16.9. The molecule has 1 saturated carbocycles. The van der Waals surface area contributed by atoms with Crippen LogP contribution in [-0.4, -0.2) is 19.7 Å². The maximum atomic E-state index is 12.7. The normalized spacial score (nSPS) is 17.7. The molecule has 2 aromatic rings. The summed E-state index contributed by atoms with van der Waals surface area (Å²) in [7, 11) is 0. The Morgan fingerprint density at radius 1 is 1.32 bits per heavy atom. The van der Waals surface area contributed by atoms with Crippen molar-refractivity contribution in [2.75, 3.05) is 0 Å². The predicted molar refractivity (Wildman–Crippen MR) is 73.8 cm³/mol. The van der Waals surface area contributed by atoms with E-state index < -0.39 is 0 Å². The Labute approximate surface area is 114 Å². The predicted octanol–water partition coefficient (Wildman–Crippen LogP) is 2.12. The molecule has 0 saturated heterocycles. The SMILES string of the molecule is O=c1c(-c2nc(=S)[nH][nH]2)cc2c(n1C1CC1)CCC2. The second-order valence-corrected chi connectivity index (χ2v) is 5.69. The fourth-order valence-electron chi connectivity index (χ4n) is 2.96. The van der Waals surface area contributed by atoms with Gasteiger partial charge in [-0.1, -0.05) is 0 Å². The molecule has 1 fully saturated rings. The Kier molecular flexibility index (Phi) is 2.29. The van der Waals surface area contributed by atoms with E-state index in [4.69, 9.17) is 12.2 Å². The Balaban J connectivity index is 1.99. The summed E-state index contributed by atoms with van der Waals surface area (Å²) in [5.41, 5.74) is 3.25. The van der Waals surface area contributed by atoms with Crippen LogP contribution in [-0.2, 0) is 12.8 Å². The van der Waals surface area contributed by atoms with Crippen molar-refractivity contribution in [1.29, 1.82) is 0 Å². The third-order valence-corrected chi connectivity index (χ3v) is 4.15. The molecule has 2 aromatic heterocycles. The minimum atomic E-state index is 0.0703. The average molecular weight is 274 g/mol. The molecular formula is C13H14N4OS. The van der Waals surface area contributed by atoms with Crippen LogP contribution in [0.4, 0.5) is 0 Å². The van der Waals surface area contributed by atoms with Crippen molar-refractivity contribution in [3.05, 3.63) is 32.4 Å². The van der Waals surface area contributed by atoms with Gasteiger partial charge in [0, 0.05) is 11.7 Å². The molecule has 19 heavy (non-hydrogen) atoms. The Morgan fingerprint density at radius 3 is 2.84 bits per heavy atom. The van der Waals surface area contributed by atoms with E-state index in [9.17, 15) is 4.79 Å². The monoisotopic (exact) mass is 274 g/mol. The highest BCUT2D eigenvalue weighted by Gasteiger charge is 2.31. The molecule has 2 N–H and O–H groups in total. The van der Waals surface area contributed by atoms with Crippen LogP contribution < -0.4 is 5.56 Å². The maximum absolute atomic E-state index is 12.7. The molecule has 0 unspecified atom stereocenters. The van der Waals surface area contributed by atoms with Crippen LogP contribution in [0.5, 0.6) is 0 Å². The molecule has 0 radical (unpaired) electrons. The topological polar surface area (TPSA) is 66.5 Å². The van der Waals surface area contributed by atoms with E-state index in [1.165, 1.54) is 11.3 Å². The number of fused-ring (bicyclic) bond motifs is 1. The van der Waals surface area contributed by atoms with E-state index >= 15 is 0 Å². The molecule has 0 aromatic carbocycles. The summed E-state index contributed by atoms with van der Waals surface area (Å²) in [6.45, 7) is 0. The van der Waals surface area contributed by atoms with Gasteiger partial charge in [-0.15, -0.1) is 0 Å². The average Bonchev–Trinajstić information content (AvgIpc) is 2.95. The lowest BCUT2D eigenvalue weighted by Gasteiger charge is -2.12. The Bertz CT molecular complexity index is 766. The van der Waals surface area contributed by atoms with Crippen molar-refractivity contribution in [3.8, 4) is 11.4 Å². The molecule has 6 heteroatoms. The number of hydrogen-bond donors (Lipinski definition) is 2. The number of nitrogens with zero attached hydrogens (tertiary/aromatic N) is 2. The minimum Gasteiger partial charge on any atom is -0.309 e. The third kappa shape index (κ3) is 1.70. The Morgan fingerprint density at radius 2 is 2.16 bits per heavy atom. The van der Waals surface area contributed by atoms with Gasteiger partial charge in [-0.2, -0.15) is 4.98 Å². The van der Waals surface area contributed by atoms with Gasteiger partial charge in [0.25, 0.3) is 5.56 Å². The zero-order valence-corrected chi connectivity index (χ0v) is 11.2. The van der Waals surface area contributed by atoms with Gasteiger partial charge in [-0.05, 0) is 56.0 Å². The van der Waals surface area contributed by atoms with Gasteiger partial charge in [-0.3, -0.25) is 15.0 Å². The van der Waals surface area contributed by atoms with E-state index in [1.54, 1.807) is 0 Å². The van der Waals surface area contributed by atoms with Gasteiger partial charge in [0.2, 0.25) is 4.77 Å². The van der Waals surface area contributed by atoms with Gasteiger partial charge in [0.05, 0.1) is 5.56 Å². The standard InChI is InChI=1S/C13H14N4OS/c18-12-9(11-14-13(19)16-15-11)6-7-2-1-3-10(7)17(12)8-4-5-8/h6,8H,1-5H2,(H2,14,15,16,19). The van der Waals surface area contributed by atoms with Crippen molar-refractivity contribution < 1.29 is 0 Å². The molecule has 0 atom stereocenters. The molecule has 0 amide bonds. The number of aromatic amines is 2. The number of pyridine rings is 1. The quantitative estimate of drug-likeness (QED) is 0.824. The lowest BCUT2D eigenvalue weighted by molar-refractivity contribution is 0.665. The molecule has 4 rings (SSSR count). The summed E-state index contributed by atoms with van der Waals surface area (Å²) in [6.07, 6.45) is 5.46. The first kappa shape index (κ1) is 11.2. The molecule has 2 aliphatic rings. The van der Waals surface area contributed by atoms with Crippen molar-refractivity contribution in [2.24, 2.45) is 0 Å². The van der Waals surface area contributed by atoms with Crippen LogP contribution in [0.1, 0.15) is 36.6 Å². The van der Waals surface area contributed by atoms with Crippen LogP contribution in [0.15, 0.2) is 10.9 Å². The van der Waals surface area contributed by atoms with E-state index in [0.717, 1.165) is 32.1 Å². The third-order valence-electron chi connectivity index (χ3n) is 3.96. The van der Waals surface area contributed by atoms with Crippen LogP contribution in [0.3, 0.4) is 0 Å². The van der Waals surface area contributed by atoms with Gasteiger partial charge in [0.15, 0.2) is 5.82 Å². The summed E-state index contributed by atoms with van der Waals surface area (Å²) in [6, 6.07) is 2.39. The summed E-state index contributed by atoms with van der Waals surface area (Å²) < 4.78 is 2.39. The fraction of sp³-hybridized carbons (Fsp3) is 0.462. The van der Waals surface area contributed by atoms with E-state index in [-0.39, 0.29) is 5.56 Å². The van der Waals surface area contributed by atoms with Gasteiger partial charge >= 0.3 is 0 Å². The zero-order valence-electron chi connectivity index (χ0n) is 10.4. The molecule has 2 aliphatic carbocycles. The molecule has 98 valence electrons. The smallest absolute Gasteiger partial charge is 0.262 e. The first-order valence-corrected chi connectivity index (χ1v) is 7.07. The fourth-order valence-corrected chi connectivity index (χ4v) is 3.10. The van der Waals surface area contributed by atoms with E-state index in [0.29, 0.717) is 22.2 Å². The van der Waals surface area contributed by atoms with E-state index in [2.05, 4.69) is 15.2 Å². The highest BCUT2D eigenvalue weighted by molar-refractivity contribution is 7.71. The number of nitrogens with one attached hydrogen (secondary N) is 2. The highest BCUT2D eigenvalue weighted by Crippen LogP contribution is 2.37. The van der Waals surface area contributed by atoms with Gasteiger partial charge < -0.3 is 4.57 Å². The number of H-pyrrole nitrogens is 2. The zero-order chi connectivity index (χ0) is 13.0. The van der Waals surface area contributed by atoms with Crippen LogP contribution in [0.25, 0.3) is 11.4 Å². The number of aromatic nitrogens is 4. The molecule has 2 heterocycles. The second kappa shape index (κ2) is 3.90. The van der Waals surface area contributed by atoms with Gasteiger partial charge in [-0.25, -0.2) is 0 Å². The van der Waals surface area contributed by atoms with Crippen molar-refractivity contribution in [1.82, 2.24) is 19.7 Å². The molecule has 5 nitrogen and oxygen atoms in total. The van der Waals surface area contributed by atoms with Crippen LogP contribution in [0.2, 0.25) is 0 Å². The van der Waals surface area contributed by atoms with Gasteiger partial charge in [0.1, 0.15) is 0 Å². The molecule has 0 aliphatic heterocycles. The van der Waals surface area contributed by atoms with Crippen molar-refractivity contribution in [2.45, 2.75) is 38.1 Å². The second-order valence-electron chi connectivity index (χ2n) is 5.31. The molecule has 0 spiro atoms. The van der Waals surface area contributed by atoms with E-state index in [1.807, 2.05) is 10.6 Å². The summed E-state index contributed by atoms with van der Waals surface area (Å²) in [5.74, 6) is 0.555. The highest BCUT2D eigenvalue weighted by atomic mass is 32.1. The van der Waals surface area contributed by atoms with Crippen molar-refractivity contribution >= 4 is 12.2 Å². The largest absolute Gasteiger partial charge is 0.309 e. The summed E-state index contributed by atoms with van der Waals surface area (Å²) >= 11 is 4.97. The lowest BCUT2D eigenvalue weighted by atomic mass is 10.1. The lowest BCUT2D eigenvalue weighted by Crippen LogP contribution is -2.24. The maximum Gasteiger partial charge on any atom is 0.262 e. The van der Waals surface area contributed by atoms with Crippen LogP contribution in [0, 0.1) is 4.77 Å². The minimum absolute atomic E-state index is 0.0703. The Hall–Kier alpha value is -1.69. The number of rotatable bonds is 2. The first-order valence-electron chi connectivity index (χ1n) is 6.66. The first-order chi connectivity index (χ1) is 9.24. The summed E-state index contributed by atoms with van der Waals surface area (Å²) in [5, 5.41) is 5.64. The number of hydrogen-bond acceptors (Lipinski definition) is 3. The molecule has 0 bridgehead atoms. The van der Waals surface area contributed by atoms with Crippen molar-refractivity contribution in [3.63, 3.8) is 0 Å². The molecular weight excluding hydrogens is 260 g/mol.